The zero-order valence-corrected chi connectivity index (χ0v) is 9.47. The number of H-pyrrole nitrogens is 1. The number of benzene rings is 1. The highest BCUT2D eigenvalue weighted by Crippen LogP contribution is 2.24. The standard InChI is InChI=1S/C14H12N2O/c1-16-12-7-3-2-5-10(12)9-13(16)11-6-4-8-14(17)15-11/h2-9H,1H3,(H,15,17). The van der Waals surface area contributed by atoms with E-state index in [1.807, 2.05) is 25.2 Å². The van der Waals surface area contributed by atoms with Crippen molar-refractivity contribution in [1.29, 1.82) is 0 Å². The third-order valence-corrected chi connectivity index (χ3v) is 3.00. The molecule has 3 heteroatoms. The molecule has 1 aromatic carbocycles. The molecule has 2 aromatic heterocycles. The van der Waals surface area contributed by atoms with Gasteiger partial charge in [-0.2, -0.15) is 0 Å². The summed E-state index contributed by atoms with van der Waals surface area (Å²) >= 11 is 0. The fourth-order valence-corrected chi connectivity index (χ4v) is 2.14. The zero-order valence-electron chi connectivity index (χ0n) is 9.47. The minimum atomic E-state index is -0.0762. The van der Waals surface area contributed by atoms with Crippen molar-refractivity contribution < 1.29 is 0 Å². The molecule has 0 spiro atoms. The molecule has 0 unspecified atom stereocenters. The van der Waals surface area contributed by atoms with E-state index < -0.39 is 0 Å². The number of nitrogens with zero attached hydrogens (tertiary/aromatic N) is 1. The highest BCUT2D eigenvalue weighted by atomic mass is 16.1. The van der Waals surface area contributed by atoms with Crippen molar-refractivity contribution in [3.63, 3.8) is 0 Å². The third-order valence-electron chi connectivity index (χ3n) is 3.00. The van der Waals surface area contributed by atoms with Crippen LogP contribution in [0.3, 0.4) is 0 Å². The minimum absolute atomic E-state index is 0.0762. The summed E-state index contributed by atoms with van der Waals surface area (Å²) in [6.07, 6.45) is 0. The number of aromatic amines is 1. The second kappa shape index (κ2) is 3.63. The van der Waals surface area contributed by atoms with Gasteiger partial charge in [0.1, 0.15) is 0 Å². The first kappa shape index (κ1) is 9.90. The lowest BCUT2D eigenvalue weighted by atomic mass is 10.2. The number of fused-ring (bicyclic) bond motifs is 1. The van der Waals surface area contributed by atoms with Gasteiger partial charge in [-0.15, -0.1) is 0 Å². The van der Waals surface area contributed by atoms with E-state index in [1.165, 1.54) is 11.5 Å². The number of hydrogen-bond donors (Lipinski definition) is 1. The number of rotatable bonds is 1. The molecule has 0 aliphatic heterocycles. The first-order chi connectivity index (χ1) is 8.25. The molecule has 0 aliphatic rings. The molecule has 17 heavy (non-hydrogen) atoms. The molecule has 0 amide bonds. The summed E-state index contributed by atoms with van der Waals surface area (Å²) in [5.74, 6) is 0. The summed E-state index contributed by atoms with van der Waals surface area (Å²) in [6.45, 7) is 0. The van der Waals surface area contributed by atoms with Crippen LogP contribution in [0.25, 0.3) is 22.3 Å². The number of aromatic nitrogens is 2. The summed E-state index contributed by atoms with van der Waals surface area (Å²) in [5.41, 5.74) is 2.94. The Bertz CT molecular complexity index is 737. The van der Waals surface area contributed by atoms with Crippen molar-refractivity contribution >= 4 is 10.9 Å². The largest absolute Gasteiger partial charge is 0.342 e. The fourth-order valence-electron chi connectivity index (χ4n) is 2.14. The first-order valence-electron chi connectivity index (χ1n) is 5.50. The molecule has 3 aromatic rings. The smallest absolute Gasteiger partial charge is 0.248 e. The average molecular weight is 224 g/mol. The highest BCUT2D eigenvalue weighted by Gasteiger charge is 2.07. The highest BCUT2D eigenvalue weighted by molar-refractivity contribution is 5.86. The Morgan fingerprint density at radius 3 is 2.65 bits per heavy atom. The SMILES string of the molecule is Cn1c(-c2cccc(=O)[nH]2)cc2ccccc21. The summed E-state index contributed by atoms with van der Waals surface area (Å²) in [5, 5.41) is 1.18. The van der Waals surface area contributed by atoms with Gasteiger partial charge in [0.2, 0.25) is 5.56 Å². The van der Waals surface area contributed by atoms with Crippen molar-refractivity contribution in [3.05, 3.63) is 58.9 Å². The van der Waals surface area contributed by atoms with E-state index in [0.29, 0.717) is 0 Å². The van der Waals surface area contributed by atoms with Gasteiger partial charge in [-0.25, -0.2) is 0 Å². The van der Waals surface area contributed by atoms with Crippen LogP contribution in [-0.4, -0.2) is 9.55 Å². The molecule has 3 rings (SSSR count). The van der Waals surface area contributed by atoms with Crippen molar-refractivity contribution in [2.75, 3.05) is 0 Å². The third kappa shape index (κ3) is 1.56. The number of nitrogens with one attached hydrogen (secondary N) is 1. The lowest BCUT2D eigenvalue weighted by Crippen LogP contribution is -2.05. The van der Waals surface area contributed by atoms with E-state index >= 15 is 0 Å². The Morgan fingerprint density at radius 1 is 1.06 bits per heavy atom. The van der Waals surface area contributed by atoms with Crippen LogP contribution in [0, 0.1) is 0 Å². The minimum Gasteiger partial charge on any atom is -0.342 e. The molecular formula is C14H12N2O. The summed E-state index contributed by atoms with van der Waals surface area (Å²) in [6, 6.07) is 15.5. The topological polar surface area (TPSA) is 37.8 Å². The van der Waals surface area contributed by atoms with Crippen LogP contribution < -0.4 is 5.56 Å². The Hall–Kier alpha value is -2.29. The monoisotopic (exact) mass is 224 g/mol. The van der Waals surface area contributed by atoms with Crippen molar-refractivity contribution in [2.24, 2.45) is 7.05 Å². The van der Waals surface area contributed by atoms with Crippen LogP contribution in [0.15, 0.2) is 53.3 Å². The van der Waals surface area contributed by atoms with Gasteiger partial charge in [0.05, 0.1) is 11.4 Å². The number of pyridine rings is 1. The molecule has 3 nitrogen and oxygen atoms in total. The molecule has 0 saturated heterocycles. The van der Waals surface area contributed by atoms with E-state index in [0.717, 1.165) is 16.9 Å². The molecule has 1 N–H and O–H groups in total. The predicted octanol–water partition coefficient (Wildman–Crippen LogP) is 2.53. The van der Waals surface area contributed by atoms with Crippen molar-refractivity contribution in [2.45, 2.75) is 0 Å². The summed E-state index contributed by atoms with van der Waals surface area (Å²) in [7, 11) is 2.00. The lowest BCUT2D eigenvalue weighted by Gasteiger charge is -2.03. The van der Waals surface area contributed by atoms with Crippen LogP contribution in [0.2, 0.25) is 0 Å². The fraction of sp³-hybridized carbons (Fsp3) is 0.0714. The molecule has 2 heterocycles. The van der Waals surface area contributed by atoms with Crippen molar-refractivity contribution in [1.82, 2.24) is 9.55 Å². The number of hydrogen-bond acceptors (Lipinski definition) is 1. The molecule has 0 bridgehead atoms. The number of aryl methyl sites for hydroxylation is 1. The van der Waals surface area contributed by atoms with Crippen LogP contribution >= 0.6 is 0 Å². The molecule has 84 valence electrons. The Morgan fingerprint density at radius 2 is 1.88 bits per heavy atom. The van der Waals surface area contributed by atoms with Gasteiger partial charge in [0.15, 0.2) is 0 Å². The van der Waals surface area contributed by atoms with Crippen LogP contribution in [-0.2, 0) is 7.05 Å². The summed E-state index contributed by atoms with van der Waals surface area (Å²) < 4.78 is 2.08. The van der Waals surface area contributed by atoms with E-state index in [-0.39, 0.29) is 5.56 Å². The van der Waals surface area contributed by atoms with Crippen LogP contribution in [0.4, 0.5) is 0 Å². The molecule has 0 radical (unpaired) electrons. The molecule has 0 atom stereocenters. The van der Waals surface area contributed by atoms with Crippen LogP contribution in [0.1, 0.15) is 0 Å². The maximum absolute atomic E-state index is 11.3. The molecule has 0 aliphatic carbocycles. The van der Waals surface area contributed by atoms with Gasteiger partial charge < -0.3 is 9.55 Å². The van der Waals surface area contributed by atoms with E-state index in [2.05, 4.69) is 27.8 Å². The quantitative estimate of drug-likeness (QED) is 0.677. The maximum Gasteiger partial charge on any atom is 0.248 e. The Balaban J connectivity index is 2.31. The van der Waals surface area contributed by atoms with Gasteiger partial charge >= 0.3 is 0 Å². The Labute approximate surface area is 98.3 Å². The molecule has 0 saturated carbocycles. The van der Waals surface area contributed by atoms with Crippen LogP contribution in [0.5, 0.6) is 0 Å². The van der Waals surface area contributed by atoms with Gasteiger partial charge in [-0.1, -0.05) is 24.3 Å². The first-order valence-corrected chi connectivity index (χ1v) is 5.50. The average Bonchev–Trinajstić information content (AvgIpc) is 2.68. The second-order valence-electron chi connectivity index (χ2n) is 4.08. The predicted molar refractivity (Wildman–Crippen MR) is 69.0 cm³/mol. The normalized spacial score (nSPS) is 10.9. The van der Waals surface area contributed by atoms with Gasteiger partial charge in [-0.05, 0) is 18.2 Å². The molecular weight excluding hydrogens is 212 g/mol. The number of para-hydroxylation sites is 1. The molecule has 0 fully saturated rings. The summed E-state index contributed by atoms with van der Waals surface area (Å²) in [4.78, 5) is 14.2. The van der Waals surface area contributed by atoms with Gasteiger partial charge in [0, 0.05) is 24.0 Å². The zero-order chi connectivity index (χ0) is 11.8. The van der Waals surface area contributed by atoms with E-state index in [1.54, 1.807) is 6.07 Å². The van der Waals surface area contributed by atoms with E-state index in [4.69, 9.17) is 0 Å². The maximum atomic E-state index is 11.3. The van der Waals surface area contributed by atoms with Gasteiger partial charge in [0.25, 0.3) is 0 Å². The van der Waals surface area contributed by atoms with Gasteiger partial charge in [-0.3, -0.25) is 4.79 Å². The lowest BCUT2D eigenvalue weighted by molar-refractivity contribution is 0.968. The van der Waals surface area contributed by atoms with E-state index in [9.17, 15) is 4.79 Å². The van der Waals surface area contributed by atoms with Crippen molar-refractivity contribution in [3.8, 4) is 11.4 Å². The Kier molecular flexibility index (Phi) is 2.11. The second-order valence-corrected chi connectivity index (χ2v) is 4.08.